The van der Waals surface area contributed by atoms with Crippen molar-refractivity contribution in [3.8, 4) is 11.8 Å². The molecule has 0 aliphatic heterocycles. The van der Waals surface area contributed by atoms with Gasteiger partial charge in [0.1, 0.15) is 5.75 Å². The van der Waals surface area contributed by atoms with E-state index >= 15 is 0 Å². The molecule has 5 rings (SSSR count). The molecule has 1 aromatic carbocycles. The third-order valence-corrected chi connectivity index (χ3v) is 6.85. The normalized spacial score (nSPS) is 32.2. The van der Waals surface area contributed by atoms with Crippen molar-refractivity contribution in [3.63, 3.8) is 0 Å². The molecule has 2 atom stereocenters. The summed E-state index contributed by atoms with van der Waals surface area (Å²) in [5.41, 5.74) is 0.253. The average Bonchev–Trinajstić information content (AvgIpc) is 2.66. The van der Waals surface area contributed by atoms with E-state index in [1.54, 1.807) is 38.1 Å². The van der Waals surface area contributed by atoms with E-state index < -0.39 is 18.2 Å². The second-order valence-corrected chi connectivity index (χ2v) is 9.04. The van der Waals surface area contributed by atoms with Crippen LogP contribution in [0.4, 0.5) is 0 Å². The summed E-state index contributed by atoms with van der Waals surface area (Å²) in [6, 6.07) is 8.59. The minimum atomic E-state index is -0.820. The monoisotopic (exact) mass is 381 g/mol. The molecule has 0 radical (unpaired) electrons. The lowest BCUT2D eigenvalue weighted by Crippen LogP contribution is -2.53. The SMILES string of the molecule is CC(Oc1ccc(C#N)cc1)C(=O)OC(C)C(=O)C12CC3CC(CC(C3)C1)C2. The highest BCUT2D eigenvalue weighted by Gasteiger charge is 2.55. The van der Waals surface area contributed by atoms with Gasteiger partial charge in [0.15, 0.2) is 18.0 Å². The van der Waals surface area contributed by atoms with Crippen LogP contribution in [0, 0.1) is 34.5 Å². The van der Waals surface area contributed by atoms with Crippen LogP contribution in [0.15, 0.2) is 24.3 Å². The number of carbonyl (C=O) groups excluding carboxylic acids is 2. The Bertz CT molecular complexity index is 772. The zero-order valence-corrected chi connectivity index (χ0v) is 16.5. The largest absolute Gasteiger partial charge is 0.479 e. The van der Waals surface area contributed by atoms with Gasteiger partial charge in [-0.2, -0.15) is 5.26 Å². The Labute approximate surface area is 166 Å². The predicted molar refractivity (Wildman–Crippen MR) is 102 cm³/mol. The summed E-state index contributed by atoms with van der Waals surface area (Å²) >= 11 is 0. The summed E-state index contributed by atoms with van der Waals surface area (Å²) in [5, 5.41) is 8.84. The molecule has 0 saturated heterocycles. The van der Waals surface area contributed by atoms with E-state index in [-0.39, 0.29) is 11.2 Å². The fourth-order valence-corrected chi connectivity index (χ4v) is 6.03. The smallest absolute Gasteiger partial charge is 0.347 e. The Morgan fingerprint density at radius 3 is 2.04 bits per heavy atom. The minimum absolute atomic E-state index is 0.102. The Morgan fingerprint density at radius 1 is 1.00 bits per heavy atom. The van der Waals surface area contributed by atoms with Crippen molar-refractivity contribution in [2.45, 2.75) is 64.6 Å². The molecule has 28 heavy (non-hydrogen) atoms. The second kappa shape index (κ2) is 7.24. The van der Waals surface area contributed by atoms with Gasteiger partial charge in [-0.05, 0) is 94.4 Å². The number of Topliss-reactive ketones (excluding diaryl/α,β-unsaturated/α-hetero) is 1. The summed E-state index contributed by atoms with van der Waals surface area (Å²) < 4.78 is 11.1. The van der Waals surface area contributed by atoms with Gasteiger partial charge in [-0.15, -0.1) is 0 Å². The summed E-state index contributed by atoms with van der Waals surface area (Å²) in [7, 11) is 0. The topological polar surface area (TPSA) is 76.4 Å². The standard InChI is InChI=1S/C23H27NO4/c1-14(21(25)23-10-17-7-18(11-23)9-19(8-17)12-23)28-22(26)15(2)27-20-5-3-16(13-24)4-6-20/h3-6,14-15,17-19H,7-12H2,1-2H3. The zero-order valence-electron chi connectivity index (χ0n) is 16.5. The zero-order chi connectivity index (χ0) is 19.9. The van der Waals surface area contributed by atoms with Gasteiger partial charge in [-0.25, -0.2) is 4.79 Å². The first-order chi connectivity index (χ1) is 13.4. The van der Waals surface area contributed by atoms with Gasteiger partial charge in [-0.3, -0.25) is 4.79 Å². The quantitative estimate of drug-likeness (QED) is 0.695. The fourth-order valence-electron chi connectivity index (χ4n) is 6.03. The molecule has 0 spiro atoms. The molecule has 148 valence electrons. The number of carbonyl (C=O) groups is 2. The highest BCUT2D eigenvalue weighted by atomic mass is 16.6. The first kappa shape index (κ1) is 19.0. The van der Waals surface area contributed by atoms with E-state index in [4.69, 9.17) is 14.7 Å². The van der Waals surface area contributed by atoms with Crippen molar-refractivity contribution in [1.82, 2.24) is 0 Å². The van der Waals surface area contributed by atoms with Gasteiger partial charge in [0, 0.05) is 5.41 Å². The molecule has 5 heteroatoms. The van der Waals surface area contributed by atoms with Crippen molar-refractivity contribution in [2.24, 2.45) is 23.2 Å². The molecule has 0 N–H and O–H groups in total. The van der Waals surface area contributed by atoms with Crippen LogP contribution in [0.2, 0.25) is 0 Å². The number of ether oxygens (including phenoxy) is 2. The molecule has 1 aromatic rings. The maximum Gasteiger partial charge on any atom is 0.347 e. The average molecular weight is 381 g/mol. The van der Waals surface area contributed by atoms with E-state index in [1.807, 2.05) is 6.07 Å². The molecule has 4 aliphatic rings. The summed E-state index contributed by atoms with van der Waals surface area (Å²) in [4.78, 5) is 25.7. The van der Waals surface area contributed by atoms with Crippen molar-refractivity contribution in [1.29, 1.82) is 5.26 Å². The number of esters is 1. The van der Waals surface area contributed by atoms with Crippen molar-refractivity contribution >= 4 is 11.8 Å². The fraction of sp³-hybridized carbons (Fsp3) is 0.609. The van der Waals surface area contributed by atoms with Gasteiger partial charge < -0.3 is 9.47 Å². The van der Waals surface area contributed by atoms with Crippen LogP contribution >= 0.6 is 0 Å². The second-order valence-electron chi connectivity index (χ2n) is 9.04. The van der Waals surface area contributed by atoms with Crippen LogP contribution in [0.3, 0.4) is 0 Å². The first-order valence-electron chi connectivity index (χ1n) is 10.3. The summed E-state index contributed by atoms with van der Waals surface area (Å²) in [6.07, 6.45) is 5.17. The Balaban J connectivity index is 1.36. The van der Waals surface area contributed by atoms with Crippen LogP contribution in [-0.2, 0) is 14.3 Å². The number of rotatable bonds is 6. The van der Waals surface area contributed by atoms with E-state index in [0.717, 1.165) is 19.3 Å². The molecule has 4 aliphatic carbocycles. The number of hydrogen-bond acceptors (Lipinski definition) is 5. The molecule has 0 amide bonds. The van der Waals surface area contributed by atoms with Crippen molar-refractivity contribution < 1.29 is 19.1 Å². The number of nitriles is 1. The van der Waals surface area contributed by atoms with E-state index in [1.165, 1.54) is 19.3 Å². The molecule has 2 unspecified atom stereocenters. The highest BCUT2D eigenvalue weighted by Crippen LogP contribution is 2.60. The molecule has 4 bridgehead atoms. The number of hydrogen-bond donors (Lipinski definition) is 0. The lowest BCUT2D eigenvalue weighted by Gasteiger charge is -2.56. The molecule has 0 heterocycles. The van der Waals surface area contributed by atoms with Gasteiger partial charge >= 0.3 is 5.97 Å². The van der Waals surface area contributed by atoms with Crippen molar-refractivity contribution in [2.75, 3.05) is 0 Å². The Hall–Kier alpha value is -2.35. The predicted octanol–water partition coefficient (Wildman–Crippen LogP) is 4.04. The number of ketones is 1. The van der Waals surface area contributed by atoms with Crippen molar-refractivity contribution in [3.05, 3.63) is 29.8 Å². The Kier molecular flexibility index (Phi) is 4.91. The molecular formula is C23H27NO4. The Morgan fingerprint density at radius 2 is 1.54 bits per heavy atom. The van der Waals surface area contributed by atoms with Crippen LogP contribution in [0.5, 0.6) is 5.75 Å². The van der Waals surface area contributed by atoms with Crippen LogP contribution in [-0.4, -0.2) is 24.0 Å². The number of benzene rings is 1. The van der Waals surface area contributed by atoms with Gasteiger partial charge in [0.25, 0.3) is 0 Å². The van der Waals surface area contributed by atoms with Crippen LogP contribution in [0.25, 0.3) is 0 Å². The summed E-state index contributed by atoms with van der Waals surface area (Å²) in [6.45, 7) is 3.32. The third kappa shape index (κ3) is 3.53. The molecule has 5 nitrogen and oxygen atoms in total. The van der Waals surface area contributed by atoms with Gasteiger partial charge in [-0.1, -0.05) is 0 Å². The van der Waals surface area contributed by atoms with Crippen LogP contribution < -0.4 is 4.74 Å². The summed E-state index contributed by atoms with van der Waals surface area (Å²) in [5.74, 6) is 2.09. The lowest BCUT2D eigenvalue weighted by molar-refractivity contribution is -0.168. The maximum atomic E-state index is 13.2. The molecular weight excluding hydrogens is 354 g/mol. The lowest BCUT2D eigenvalue weighted by atomic mass is 9.48. The van der Waals surface area contributed by atoms with E-state index in [9.17, 15) is 9.59 Å². The maximum absolute atomic E-state index is 13.2. The first-order valence-corrected chi connectivity index (χ1v) is 10.3. The van der Waals surface area contributed by atoms with E-state index in [0.29, 0.717) is 29.1 Å². The minimum Gasteiger partial charge on any atom is -0.479 e. The van der Waals surface area contributed by atoms with Gasteiger partial charge in [0.05, 0.1) is 11.6 Å². The number of nitrogens with zero attached hydrogens (tertiary/aromatic N) is 1. The van der Waals surface area contributed by atoms with Gasteiger partial charge in [0.2, 0.25) is 0 Å². The third-order valence-electron chi connectivity index (χ3n) is 6.85. The molecule has 4 fully saturated rings. The highest BCUT2D eigenvalue weighted by molar-refractivity contribution is 5.91. The molecule has 0 aromatic heterocycles. The van der Waals surface area contributed by atoms with E-state index in [2.05, 4.69) is 0 Å². The van der Waals surface area contributed by atoms with Crippen LogP contribution in [0.1, 0.15) is 57.9 Å². The molecule has 4 saturated carbocycles.